The maximum atomic E-state index is 11.3. The number of halogens is 8. The predicted molar refractivity (Wildman–Crippen MR) is 22.4 cm³/mol. The number of alkyl halides is 6. The number of hydrogen-bond acceptors (Lipinski definition) is 1. The van der Waals surface area contributed by atoms with Crippen molar-refractivity contribution in [2.75, 3.05) is 0 Å². The second kappa shape index (κ2) is 3.38. The zero-order chi connectivity index (χ0) is 10.9. The second-order valence-electron chi connectivity index (χ2n) is 1.64. The quantitative estimate of drug-likeness (QED) is 0.483. The molecule has 13 heavy (non-hydrogen) atoms. The molecule has 0 rings (SSSR count). The van der Waals surface area contributed by atoms with Crippen molar-refractivity contribution in [1.82, 2.24) is 0 Å². The minimum absolute atomic E-state index is 2.07. The lowest BCUT2D eigenvalue weighted by molar-refractivity contribution is -0.327. The molecule has 0 bridgehead atoms. The van der Waals surface area contributed by atoms with Crippen LogP contribution >= 0.6 is 0 Å². The van der Waals surface area contributed by atoms with Crippen LogP contribution in [-0.4, -0.2) is 12.5 Å². The Morgan fingerprint density at radius 2 is 1.23 bits per heavy atom. The molecule has 0 radical (unpaired) electrons. The highest BCUT2D eigenvalue weighted by atomic mass is 19.4. The molecule has 0 heterocycles. The van der Waals surface area contributed by atoms with Gasteiger partial charge in [-0.2, -0.15) is 22.0 Å². The topological polar surface area (TPSA) is 9.23 Å². The first-order valence-corrected chi connectivity index (χ1v) is 2.42. The summed E-state index contributed by atoms with van der Waals surface area (Å²) in [6.07, 6.45) is -15.2. The van der Waals surface area contributed by atoms with Gasteiger partial charge in [0.25, 0.3) is 5.76 Å². The summed E-state index contributed by atoms with van der Waals surface area (Å²) >= 11 is 0. The monoisotopic (exact) mass is 216 g/mol. The van der Waals surface area contributed by atoms with Gasteiger partial charge in [0.1, 0.15) is 0 Å². The van der Waals surface area contributed by atoms with Crippen molar-refractivity contribution in [2.45, 2.75) is 12.5 Å². The van der Waals surface area contributed by atoms with E-state index < -0.39 is 24.4 Å². The molecule has 0 aromatic heterocycles. The normalized spacial score (nSPS) is 12.6. The molecular weight excluding hydrogens is 216 g/mol. The van der Waals surface area contributed by atoms with Gasteiger partial charge in [-0.15, -0.1) is 13.2 Å². The summed E-state index contributed by atoms with van der Waals surface area (Å²) in [5.74, 6) is -3.35. The van der Waals surface area contributed by atoms with Crippen LogP contribution in [0.3, 0.4) is 0 Å². The third-order valence-electron chi connectivity index (χ3n) is 0.647. The van der Waals surface area contributed by atoms with Crippen LogP contribution in [0, 0.1) is 0 Å². The van der Waals surface area contributed by atoms with E-state index in [0.717, 1.165) is 0 Å². The first-order valence-electron chi connectivity index (χ1n) is 2.42. The van der Waals surface area contributed by atoms with Crippen LogP contribution in [0.25, 0.3) is 0 Å². The van der Waals surface area contributed by atoms with Crippen molar-refractivity contribution in [1.29, 1.82) is 0 Å². The number of ether oxygens (including phenoxy) is 1. The summed E-state index contributed by atoms with van der Waals surface area (Å²) in [5.41, 5.74) is 0. The molecule has 0 N–H and O–H groups in total. The molecule has 9 heteroatoms. The Morgan fingerprint density at radius 1 is 0.846 bits per heavy atom. The van der Waals surface area contributed by atoms with Gasteiger partial charge in [0.2, 0.25) is 0 Å². The Hall–Kier alpha value is -1.02. The van der Waals surface area contributed by atoms with Crippen LogP contribution in [0.2, 0.25) is 0 Å². The van der Waals surface area contributed by atoms with Gasteiger partial charge in [0.15, 0.2) is 0 Å². The molecule has 0 aromatic rings. The van der Waals surface area contributed by atoms with Gasteiger partial charge in [-0.3, -0.25) is 0 Å². The number of hydrogen-bond donors (Lipinski definition) is 0. The van der Waals surface area contributed by atoms with E-state index in [2.05, 4.69) is 4.74 Å². The maximum absolute atomic E-state index is 11.3. The third-order valence-corrected chi connectivity index (χ3v) is 0.647. The lowest BCUT2D eigenvalue weighted by atomic mass is 10.5. The fourth-order valence-electron chi connectivity index (χ4n) is 0.319. The maximum Gasteiger partial charge on any atom is 0.573 e. The number of allylic oxidation sites excluding steroid dienone is 1. The third kappa shape index (κ3) is 4.53. The van der Waals surface area contributed by atoms with Gasteiger partial charge in [-0.05, 0) is 0 Å². The Labute approximate surface area is 65.6 Å². The number of rotatable bonds is 1. The van der Waals surface area contributed by atoms with E-state index in [1.165, 1.54) is 0 Å². The van der Waals surface area contributed by atoms with E-state index >= 15 is 0 Å². The summed E-state index contributed by atoms with van der Waals surface area (Å²) in [5, 5.41) is 0. The smallest absolute Gasteiger partial charge is 0.395 e. The van der Waals surface area contributed by atoms with Crippen molar-refractivity contribution in [3.8, 4) is 0 Å². The first kappa shape index (κ1) is 12.0. The summed E-state index contributed by atoms with van der Waals surface area (Å²) in [6, 6.07) is 0. The largest absolute Gasteiger partial charge is 0.573 e. The van der Waals surface area contributed by atoms with Crippen molar-refractivity contribution in [3.05, 3.63) is 11.8 Å². The molecule has 0 saturated carbocycles. The summed E-state index contributed by atoms with van der Waals surface area (Å²) in [4.78, 5) is 0. The van der Waals surface area contributed by atoms with Crippen molar-refractivity contribution in [3.63, 3.8) is 0 Å². The van der Waals surface area contributed by atoms with E-state index in [-0.39, 0.29) is 0 Å². The van der Waals surface area contributed by atoms with Crippen LogP contribution in [0.1, 0.15) is 0 Å². The molecule has 0 unspecified atom stereocenters. The highest BCUT2D eigenvalue weighted by Crippen LogP contribution is 2.35. The zero-order valence-electron chi connectivity index (χ0n) is 5.43. The summed E-state index contributed by atoms with van der Waals surface area (Å²) in [6.45, 7) is 0. The molecule has 0 amide bonds. The average molecular weight is 216 g/mol. The van der Waals surface area contributed by atoms with Crippen molar-refractivity contribution in [2.24, 2.45) is 0 Å². The van der Waals surface area contributed by atoms with Crippen LogP contribution < -0.4 is 0 Å². The Kier molecular flexibility index (Phi) is 3.12. The van der Waals surface area contributed by atoms with Gasteiger partial charge >= 0.3 is 18.6 Å². The lowest BCUT2D eigenvalue weighted by Gasteiger charge is -2.13. The first-order chi connectivity index (χ1) is 5.54. The molecule has 0 aliphatic carbocycles. The molecule has 1 nitrogen and oxygen atoms in total. The fraction of sp³-hybridized carbons (Fsp3) is 0.500. The molecule has 0 aromatic carbocycles. The highest BCUT2D eigenvalue weighted by molar-refractivity contribution is 5.00. The molecule has 0 spiro atoms. The van der Waals surface area contributed by atoms with E-state index in [0.29, 0.717) is 0 Å². The average Bonchev–Trinajstić information content (AvgIpc) is 1.77. The Balaban J connectivity index is 4.80. The fourth-order valence-corrected chi connectivity index (χ4v) is 0.319. The standard InChI is InChI=1S/C4F8O/c5-2(6)1(3(7,8)9)13-4(10,11)12. The van der Waals surface area contributed by atoms with Crippen LogP contribution in [0.15, 0.2) is 11.8 Å². The van der Waals surface area contributed by atoms with E-state index in [4.69, 9.17) is 0 Å². The van der Waals surface area contributed by atoms with Crippen LogP contribution in [-0.2, 0) is 4.74 Å². The highest BCUT2D eigenvalue weighted by Gasteiger charge is 2.47. The molecule has 0 aliphatic rings. The molecule has 0 saturated heterocycles. The minimum atomic E-state index is -5.87. The van der Waals surface area contributed by atoms with Crippen molar-refractivity contribution >= 4 is 0 Å². The van der Waals surface area contributed by atoms with Gasteiger partial charge in [-0.1, -0.05) is 0 Å². The molecule has 0 atom stereocenters. The van der Waals surface area contributed by atoms with E-state index in [1.54, 1.807) is 0 Å². The molecule has 0 aliphatic heterocycles. The Bertz CT molecular complexity index is 205. The van der Waals surface area contributed by atoms with Gasteiger partial charge < -0.3 is 4.74 Å². The van der Waals surface area contributed by atoms with Crippen molar-refractivity contribution < 1.29 is 39.9 Å². The SMILES string of the molecule is FC(F)=C(OC(F)(F)F)C(F)(F)F. The molecule has 0 fully saturated rings. The summed E-state index contributed by atoms with van der Waals surface area (Å²) < 4.78 is 91.9. The summed E-state index contributed by atoms with van der Waals surface area (Å²) in [7, 11) is 0. The van der Waals surface area contributed by atoms with Gasteiger partial charge in [-0.25, -0.2) is 0 Å². The van der Waals surface area contributed by atoms with Gasteiger partial charge in [0.05, 0.1) is 0 Å². The predicted octanol–water partition coefficient (Wildman–Crippen LogP) is 3.19. The molecular formula is C4F8O. The molecule has 78 valence electrons. The minimum Gasteiger partial charge on any atom is -0.395 e. The van der Waals surface area contributed by atoms with Crippen LogP contribution in [0.5, 0.6) is 0 Å². The van der Waals surface area contributed by atoms with E-state index in [1.807, 2.05) is 0 Å². The lowest BCUT2D eigenvalue weighted by Crippen LogP contribution is -2.23. The Morgan fingerprint density at radius 3 is 1.31 bits per heavy atom. The van der Waals surface area contributed by atoms with Crippen LogP contribution in [0.4, 0.5) is 35.1 Å². The van der Waals surface area contributed by atoms with E-state index in [9.17, 15) is 35.1 Å². The second-order valence-corrected chi connectivity index (χ2v) is 1.64. The zero-order valence-corrected chi connectivity index (χ0v) is 5.43. The van der Waals surface area contributed by atoms with Gasteiger partial charge in [0, 0.05) is 0 Å².